The minimum absolute atomic E-state index is 0. The fraction of sp³-hybridized carbons (Fsp3) is 0.300. The van der Waals surface area contributed by atoms with Crippen LogP contribution in [0, 0.1) is 31.0 Å². The van der Waals surface area contributed by atoms with Gasteiger partial charge in [-0.2, -0.15) is 5.26 Å². The van der Waals surface area contributed by atoms with Gasteiger partial charge in [0.05, 0.1) is 24.7 Å². The number of hydrogen-bond donors (Lipinski definition) is 1. The first kappa shape index (κ1) is 21.6. The smallest absolute Gasteiger partial charge is 0.307 e. The van der Waals surface area contributed by atoms with Crippen molar-refractivity contribution < 1.29 is 13.9 Å². The first-order valence-corrected chi connectivity index (χ1v) is 8.10. The highest BCUT2D eigenvalue weighted by molar-refractivity contribution is 5.85. The standard InChI is InChI=1S/C20H21FN2O2.ClH/c1-4-25-18(24)10-17(23)16-9-15(8-13(3)20(16)21)19-12(2)6-5-7-14(19)11-22;/h5-9,17H,4,10,23H2,1-3H3;1H/t17-;/m0./s1. The van der Waals surface area contributed by atoms with E-state index in [-0.39, 0.29) is 31.0 Å². The number of nitrogens with two attached hydrogens (primary N) is 1. The van der Waals surface area contributed by atoms with Gasteiger partial charge in [-0.25, -0.2) is 4.39 Å². The SMILES string of the molecule is CCOC(=O)C[C@H](N)c1cc(-c2c(C)cccc2C#N)cc(C)c1F.Cl. The lowest BCUT2D eigenvalue weighted by molar-refractivity contribution is -0.143. The van der Waals surface area contributed by atoms with Crippen molar-refractivity contribution >= 4 is 18.4 Å². The Bertz CT molecular complexity index is 846. The molecule has 26 heavy (non-hydrogen) atoms. The normalized spacial score (nSPS) is 11.2. The van der Waals surface area contributed by atoms with Crippen LogP contribution < -0.4 is 5.73 Å². The summed E-state index contributed by atoms with van der Waals surface area (Å²) >= 11 is 0. The predicted octanol–water partition coefficient (Wildman–Crippen LogP) is 4.36. The van der Waals surface area contributed by atoms with Crippen LogP contribution >= 0.6 is 12.4 Å². The zero-order chi connectivity index (χ0) is 18.6. The van der Waals surface area contributed by atoms with Gasteiger partial charge in [-0.3, -0.25) is 4.79 Å². The molecule has 0 aliphatic heterocycles. The predicted molar refractivity (Wildman–Crippen MR) is 101 cm³/mol. The number of benzene rings is 2. The molecule has 0 spiro atoms. The summed E-state index contributed by atoms with van der Waals surface area (Å²) in [6, 6.07) is 10.1. The molecule has 4 nitrogen and oxygen atoms in total. The Kier molecular flexibility index (Phi) is 7.76. The monoisotopic (exact) mass is 376 g/mol. The summed E-state index contributed by atoms with van der Waals surface area (Å²) in [5.41, 5.74) is 9.59. The Morgan fingerprint density at radius 2 is 2.00 bits per heavy atom. The van der Waals surface area contributed by atoms with Crippen LogP contribution in [0.4, 0.5) is 4.39 Å². The lowest BCUT2D eigenvalue weighted by atomic mass is 9.91. The maximum atomic E-state index is 14.6. The number of nitriles is 1. The van der Waals surface area contributed by atoms with E-state index >= 15 is 0 Å². The summed E-state index contributed by atoms with van der Waals surface area (Å²) in [7, 11) is 0. The van der Waals surface area contributed by atoms with E-state index in [1.165, 1.54) is 0 Å². The van der Waals surface area contributed by atoms with Gasteiger partial charge in [-0.1, -0.05) is 12.1 Å². The maximum absolute atomic E-state index is 14.6. The molecule has 2 aromatic carbocycles. The second-order valence-corrected chi connectivity index (χ2v) is 5.92. The number of aryl methyl sites for hydroxylation is 2. The minimum atomic E-state index is -0.813. The summed E-state index contributed by atoms with van der Waals surface area (Å²) in [5, 5.41) is 9.37. The second-order valence-electron chi connectivity index (χ2n) is 5.92. The first-order chi connectivity index (χ1) is 11.9. The summed E-state index contributed by atoms with van der Waals surface area (Å²) in [6.07, 6.45) is -0.105. The van der Waals surface area contributed by atoms with E-state index in [0.29, 0.717) is 16.7 Å². The molecule has 0 saturated carbocycles. The molecule has 0 bridgehead atoms. The lowest BCUT2D eigenvalue weighted by Gasteiger charge is -2.17. The molecule has 0 heterocycles. The molecule has 0 amide bonds. The Labute approximate surface area is 159 Å². The average Bonchev–Trinajstić information content (AvgIpc) is 2.57. The van der Waals surface area contributed by atoms with Gasteiger partial charge in [0, 0.05) is 17.2 Å². The van der Waals surface area contributed by atoms with Crippen LogP contribution in [0.3, 0.4) is 0 Å². The third-order valence-electron chi connectivity index (χ3n) is 4.06. The van der Waals surface area contributed by atoms with E-state index in [9.17, 15) is 14.4 Å². The molecular formula is C20H22ClFN2O2. The second kappa shape index (κ2) is 9.33. The van der Waals surface area contributed by atoms with E-state index in [2.05, 4.69) is 6.07 Å². The Morgan fingerprint density at radius 1 is 1.31 bits per heavy atom. The Morgan fingerprint density at radius 3 is 2.62 bits per heavy atom. The van der Waals surface area contributed by atoms with Crippen LogP contribution in [-0.4, -0.2) is 12.6 Å². The van der Waals surface area contributed by atoms with E-state index in [1.54, 1.807) is 38.1 Å². The van der Waals surface area contributed by atoms with Crippen molar-refractivity contribution in [2.75, 3.05) is 6.61 Å². The highest BCUT2D eigenvalue weighted by atomic mass is 35.5. The number of carbonyl (C=O) groups excluding carboxylic acids is 1. The molecular weight excluding hydrogens is 355 g/mol. The van der Waals surface area contributed by atoms with Crippen molar-refractivity contribution in [2.24, 2.45) is 5.73 Å². The molecule has 2 rings (SSSR count). The van der Waals surface area contributed by atoms with E-state index in [4.69, 9.17) is 10.5 Å². The van der Waals surface area contributed by atoms with Crippen LogP contribution in [0.25, 0.3) is 11.1 Å². The molecule has 0 aliphatic rings. The number of hydrogen-bond acceptors (Lipinski definition) is 4. The topological polar surface area (TPSA) is 76.1 Å². The van der Waals surface area contributed by atoms with Crippen molar-refractivity contribution in [1.29, 1.82) is 5.26 Å². The summed E-state index contributed by atoms with van der Waals surface area (Å²) < 4.78 is 19.5. The lowest BCUT2D eigenvalue weighted by Crippen LogP contribution is -2.19. The van der Waals surface area contributed by atoms with Gasteiger partial charge in [-0.15, -0.1) is 12.4 Å². The number of esters is 1. The highest BCUT2D eigenvalue weighted by Crippen LogP contribution is 2.32. The first-order valence-electron chi connectivity index (χ1n) is 8.10. The van der Waals surface area contributed by atoms with Gasteiger partial charge in [0.25, 0.3) is 0 Å². The van der Waals surface area contributed by atoms with Crippen LogP contribution in [0.5, 0.6) is 0 Å². The van der Waals surface area contributed by atoms with Crippen molar-refractivity contribution in [2.45, 2.75) is 33.2 Å². The fourth-order valence-corrected chi connectivity index (χ4v) is 2.86. The Balaban J connectivity index is 0.00000338. The molecule has 2 aromatic rings. The Hall–Kier alpha value is -2.42. The van der Waals surface area contributed by atoms with Crippen molar-refractivity contribution in [3.63, 3.8) is 0 Å². The number of nitrogens with zero attached hydrogens (tertiary/aromatic N) is 1. The quantitative estimate of drug-likeness (QED) is 0.787. The number of ether oxygens (including phenoxy) is 1. The summed E-state index contributed by atoms with van der Waals surface area (Å²) in [6.45, 7) is 5.50. The molecule has 2 N–H and O–H groups in total. The van der Waals surface area contributed by atoms with E-state index < -0.39 is 17.8 Å². The molecule has 0 aliphatic carbocycles. The molecule has 0 radical (unpaired) electrons. The molecule has 0 aromatic heterocycles. The zero-order valence-corrected chi connectivity index (χ0v) is 15.8. The molecule has 0 unspecified atom stereocenters. The van der Waals surface area contributed by atoms with Crippen LogP contribution in [0.1, 0.15) is 41.6 Å². The van der Waals surface area contributed by atoms with Crippen LogP contribution in [0.15, 0.2) is 30.3 Å². The van der Waals surface area contributed by atoms with Gasteiger partial charge in [0.2, 0.25) is 0 Å². The molecule has 6 heteroatoms. The van der Waals surface area contributed by atoms with Crippen molar-refractivity contribution in [1.82, 2.24) is 0 Å². The number of carbonyl (C=O) groups is 1. The third kappa shape index (κ3) is 4.60. The third-order valence-corrected chi connectivity index (χ3v) is 4.06. The van der Waals surface area contributed by atoms with E-state index in [0.717, 1.165) is 11.1 Å². The van der Waals surface area contributed by atoms with Crippen molar-refractivity contribution in [3.8, 4) is 17.2 Å². The minimum Gasteiger partial charge on any atom is -0.466 e. The average molecular weight is 377 g/mol. The zero-order valence-electron chi connectivity index (χ0n) is 15.0. The molecule has 138 valence electrons. The van der Waals surface area contributed by atoms with Crippen LogP contribution in [0.2, 0.25) is 0 Å². The molecule has 0 saturated heterocycles. The maximum Gasteiger partial charge on any atom is 0.307 e. The van der Waals surface area contributed by atoms with Gasteiger partial charge >= 0.3 is 5.97 Å². The van der Waals surface area contributed by atoms with Crippen LogP contribution in [-0.2, 0) is 9.53 Å². The summed E-state index contributed by atoms with van der Waals surface area (Å²) in [5.74, 6) is -0.904. The number of halogens is 2. The largest absolute Gasteiger partial charge is 0.466 e. The van der Waals surface area contributed by atoms with Gasteiger partial charge in [0.1, 0.15) is 5.82 Å². The molecule has 0 fully saturated rings. The van der Waals surface area contributed by atoms with E-state index in [1.807, 2.05) is 13.0 Å². The van der Waals surface area contributed by atoms with Gasteiger partial charge < -0.3 is 10.5 Å². The number of rotatable bonds is 5. The van der Waals surface area contributed by atoms with Gasteiger partial charge in [-0.05, 0) is 55.7 Å². The highest BCUT2D eigenvalue weighted by Gasteiger charge is 2.20. The molecule has 1 atom stereocenters. The van der Waals surface area contributed by atoms with Crippen molar-refractivity contribution in [3.05, 3.63) is 58.4 Å². The fourth-order valence-electron chi connectivity index (χ4n) is 2.86. The summed E-state index contributed by atoms with van der Waals surface area (Å²) in [4.78, 5) is 11.7. The van der Waals surface area contributed by atoms with Gasteiger partial charge in [0.15, 0.2) is 0 Å².